The summed E-state index contributed by atoms with van der Waals surface area (Å²) in [6.45, 7) is 19.4. The van der Waals surface area contributed by atoms with E-state index in [-0.39, 0.29) is 39.5 Å². The number of aromatic nitrogens is 4. The van der Waals surface area contributed by atoms with E-state index in [1.807, 2.05) is 77.4 Å². The third-order valence-electron chi connectivity index (χ3n) is 13.5. The molecule has 0 aliphatic rings. The van der Waals surface area contributed by atoms with Gasteiger partial charge >= 0.3 is 12.4 Å². The largest absolute Gasteiger partial charge is 0.416 e. The lowest BCUT2D eigenvalue weighted by molar-refractivity contribution is -0.138. The van der Waals surface area contributed by atoms with Crippen LogP contribution in [0.15, 0.2) is 182 Å². The zero-order valence-electron chi connectivity index (χ0n) is 41.7. The summed E-state index contributed by atoms with van der Waals surface area (Å²) >= 11 is 0. The van der Waals surface area contributed by atoms with E-state index in [4.69, 9.17) is 28.1 Å². The highest BCUT2D eigenvalue weighted by Crippen LogP contribution is 2.47. The molecule has 0 unspecified atom stereocenters. The molecule has 0 amide bonds. The van der Waals surface area contributed by atoms with E-state index >= 15 is 0 Å². The number of nitrogens with zero attached hydrogens (tertiary/aromatic N) is 8. The summed E-state index contributed by atoms with van der Waals surface area (Å²) in [6, 6.07) is 54.0. The van der Waals surface area contributed by atoms with Gasteiger partial charge in [-0.25, -0.2) is 24.6 Å². The number of halogens is 6. The average Bonchev–Trinajstić information content (AvgIpc) is 4.08. The molecule has 0 atom stereocenters. The summed E-state index contributed by atoms with van der Waals surface area (Å²) < 4.78 is 88.2. The van der Waals surface area contributed by atoms with Gasteiger partial charge in [0.25, 0.3) is 0 Å². The smallest absolute Gasteiger partial charge is 0.308 e. The Balaban J connectivity index is 1.31. The first-order chi connectivity index (χ1) is 38.0. The molecule has 2 heterocycles. The van der Waals surface area contributed by atoms with Crippen LogP contribution >= 0.6 is 0 Å². The van der Waals surface area contributed by atoms with E-state index in [1.54, 1.807) is 86.6 Å². The normalized spacial score (nSPS) is 11.5. The van der Waals surface area contributed by atoms with Crippen LogP contribution in [-0.2, 0) is 12.4 Å². The van der Waals surface area contributed by atoms with Crippen LogP contribution < -0.4 is 0 Å². The zero-order chi connectivity index (χ0) is 55.3. The van der Waals surface area contributed by atoms with Gasteiger partial charge in [-0.2, -0.15) is 36.9 Å². The minimum absolute atomic E-state index is 0.141. The number of alkyl halides is 6. The van der Waals surface area contributed by atoms with E-state index in [2.05, 4.69) is 21.8 Å². The lowest BCUT2D eigenvalue weighted by Gasteiger charge is -2.22. The van der Waals surface area contributed by atoms with E-state index in [0.717, 1.165) is 24.3 Å². The topological polar surface area (TPSA) is 99.9 Å². The highest BCUT2D eigenvalue weighted by Gasteiger charge is 2.33. The van der Waals surface area contributed by atoms with Crippen molar-refractivity contribution in [3.8, 4) is 96.5 Å². The molecular weight excluding hydrogens is 1010 g/mol. The van der Waals surface area contributed by atoms with Gasteiger partial charge in [-0.05, 0) is 137 Å². The van der Waals surface area contributed by atoms with Gasteiger partial charge in [0, 0.05) is 38.6 Å². The minimum Gasteiger partial charge on any atom is -0.308 e. The number of fused-ring (bicyclic) bond motifs is 3. The fourth-order valence-corrected chi connectivity index (χ4v) is 10.0. The van der Waals surface area contributed by atoms with Crippen molar-refractivity contribution >= 4 is 33.2 Å². The van der Waals surface area contributed by atoms with Crippen LogP contribution in [0.5, 0.6) is 0 Å². The van der Waals surface area contributed by atoms with E-state index < -0.39 is 23.5 Å². The fraction of sp³-hybridized carbons (Fsp3) is 0.0615. The first-order valence-corrected chi connectivity index (χ1v) is 24.4. The maximum absolute atomic E-state index is 14.4. The van der Waals surface area contributed by atoms with Crippen LogP contribution in [0.3, 0.4) is 0 Å². The Morgan fingerprint density at radius 3 is 1.24 bits per heavy atom. The molecule has 0 aliphatic carbocycles. The second kappa shape index (κ2) is 19.8. The molecule has 14 heteroatoms. The molecule has 11 rings (SSSR count). The van der Waals surface area contributed by atoms with Crippen molar-refractivity contribution in [1.29, 1.82) is 10.5 Å². The van der Waals surface area contributed by atoms with Crippen LogP contribution in [0.4, 0.5) is 37.7 Å². The first-order valence-electron chi connectivity index (χ1n) is 24.4. The van der Waals surface area contributed by atoms with Crippen LogP contribution in [0, 0.1) is 49.7 Å². The Morgan fingerprint density at radius 2 is 0.835 bits per heavy atom. The molecular formula is C65H36F6N8. The predicted octanol–water partition coefficient (Wildman–Crippen LogP) is 18.1. The first kappa shape index (κ1) is 50.5. The molecule has 0 spiro atoms. The summed E-state index contributed by atoms with van der Waals surface area (Å²) in [5, 5.41) is 21.9. The molecule has 0 saturated heterocycles. The highest BCUT2D eigenvalue weighted by atomic mass is 19.4. The van der Waals surface area contributed by atoms with E-state index in [0.29, 0.717) is 100 Å². The van der Waals surface area contributed by atoms with Gasteiger partial charge in [-0.15, -0.1) is 0 Å². The van der Waals surface area contributed by atoms with E-state index in [9.17, 15) is 36.9 Å². The number of aryl methyl sites for hydroxylation is 2. The lowest BCUT2D eigenvalue weighted by atomic mass is 9.90. The number of nitriles is 2. The van der Waals surface area contributed by atoms with Crippen molar-refractivity contribution in [2.45, 2.75) is 26.2 Å². The van der Waals surface area contributed by atoms with Gasteiger partial charge in [0.2, 0.25) is 0 Å². The summed E-state index contributed by atoms with van der Waals surface area (Å²) in [5.41, 5.74) is 5.84. The third kappa shape index (κ3) is 9.79. The molecule has 0 bridgehead atoms. The predicted molar refractivity (Wildman–Crippen MR) is 294 cm³/mol. The number of rotatable bonds is 8. The van der Waals surface area contributed by atoms with Crippen LogP contribution in [-0.4, -0.2) is 19.5 Å². The van der Waals surface area contributed by atoms with Gasteiger partial charge in [-0.3, -0.25) is 0 Å². The molecule has 11 aromatic rings. The second-order valence-electron chi connectivity index (χ2n) is 18.9. The number of hydrogen-bond donors (Lipinski definition) is 0. The monoisotopic (exact) mass is 1040 g/mol. The van der Waals surface area contributed by atoms with Crippen molar-refractivity contribution in [3.63, 3.8) is 0 Å². The Labute approximate surface area is 448 Å². The molecule has 79 heavy (non-hydrogen) atoms. The van der Waals surface area contributed by atoms with Crippen molar-refractivity contribution in [3.05, 3.63) is 238 Å². The van der Waals surface area contributed by atoms with Crippen LogP contribution in [0.25, 0.3) is 116 Å². The summed E-state index contributed by atoms with van der Waals surface area (Å²) in [5.74, 6) is 0.914. The minimum atomic E-state index is -4.66. The third-order valence-corrected chi connectivity index (χ3v) is 13.5. The van der Waals surface area contributed by atoms with Crippen molar-refractivity contribution in [1.82, 2.24) is 19.5 Å². The van der Waals surface area contributed by atoms with Gasteiger partial charge in [-0.1, -0.05) is 103 Å². The second-order valence-corrected chi connectivity index (χ2v) is 18.9. The zero-order valence-corrected chi connectivity index (χ0v) is 41.7. The molecule has 0 fully saturated rings. The van der Waals surface area contributed by atoms with Gasteiger partial charge in [0.05, 0.1) is 64.3 Å². The van der Waals surface area contributed by atoms with Crippen LogP contribution in [0.2, 0.25) is 0 Å². The Morgan fingerprint density at radius 1 is 0.418 bits per heavy atom. The average molecular weight is 1040 g/mol. The van der Waals surface area contributed by atoms with Crippen molar-refractivity contribution in [2.75, 3.05) is 0 Å². The highest BCUT2D eigenvalue weighted by molar-refractivity contribution is 6.13. The number of benzene rings is 9. The van der Waals surface area contributed by atoms with Crippen molar-refractivity contribution in [2.24, 2.45) is 0 Å². The standard InChI is InChI=1S/C65H36F6N8/c1-37-19-45(26-50(21-37)64(66,67)68)43-15-17-58-56(30-43)57-31-44(46-20-38(2)22-51(27-46)65(69,70)71)16-18-59(57)79(58)60-54(47-24-39(35-72)23-40(25-47)36-73)32-49(33-55(60)48-28-52(74-3)34-53(29-48)75-4)63-77-61(41-11-7-5-8-12-41)76-62(78-63)42-13-9-6-10-14-42/h5-34H,1-2H3. The summed E-state index contributed by atoms with van der Waals surface area (Å²) in [7, 11) is 0. The number of hydrogen-bond acceptors (Lipinski definition) is 5. The molecule has 2 aromatic heterocycles. The van der Waals surface area contributed by atoms with Gasteiger partial charge in [0.15, 0.2) is 28.8 Å². The molecule has 0 saturated carbocycles. The quantitative estimate of drug-likeness (QED) is 0.111. The van der Waals surface area contributed by atoms with Gasteiger partial charge < -0.3 is 4.57 Å². The Kier molecular flexibility index (Phi) is 12.7. The molecule has 9 aromatic carbocycles. The SMILES string of the molecule is [C-]#[N+]c1cc([N+]#[C-])cc(-c2cc(-c3nc(-c4ccccc4)nc(-c4ccccc4)n3)cc(-c3cc(C#N)cc(C#N)c3)c2-n2c3ccc(-c4cc(C)cc(C(F)(F)F)c4)cc3c3cc(-c4cc(C)cc(C(F)(F)F)c4)ccc32)c1. The Hall–Kier alpha value is -10.7. The molecule has 0 N–H and O–H groups in total. The molecule has 0 radical (unpaired) electrons. The molecule has 378 valence electrons. The maximum atomic E-state index is 14.4. The summed E-state index contributed by atoms with van der Waals surface area (Å²) in [4.78, 5) is 22.5. The summed E-state index contributed by atoms with van der Waals surface area (Å²) in [6.07, 6.45) is -9.31. The lowest BCUT2D eigenvalue weighted by Crippen LogP contribution is -2.05. The maximum Gasteiger partial charge on any atom is 0.416 e. The van der Waals surface area contributed by atoms with Gasteiger partial charge in [0.1, 0.15) is 0 Å². The Bertz CT molecular complexity index is 4140. The molecule has 0 aliphatic heterocycles. The van der Waals surface area contributed by atoms with Crippen molar-refractivity contribution < 1.29 is 26.3 Å². The van der Waals surface area contributed by atoms with Crippen LogP contribution in [0.1, 0.15) is 33.4 Å². The van der Waals surface area contributed by atoms with E-state index in [1.165, 1.54) is 12.1 Å². The molecule has 8 nitrogen and oxygen atoms in total. The fourth-order valence-electron chi connectivity index (χ4n) is 10.0.